The molecule has 0 radical (unpaired) electrons. The number of carbonyl (C=O) groups is 1. The molecule has 1 heterocycles. The minimum Gasteiger partial charge on any atom is -0.397 e. The van der Waals surface area contributed by atoms with Gasteiger partial charge in [-0.1, -0.05) is 23.7 Å². The lowest BCUT2D eigenvalue weighted by atomic mass is 10.2. The van der Waals surface area contributed by atoms with Gasteiger partial charge in [0.05, 0.1) is 5.69 Å². The summed E-state index contributed by atoms with van der Waals surface area (Å²) in [6.45, 7) is 3.11. The second-order valence-corrected chi connectivity index (χ2v) is 4.69. The molecule has 0 aliphatic rings. The average molecular weight is 278 g/mol. The summed E-state index contributed by atoms with van der Waals surface area (Å²) in [4.78, 5) is 12.1. The Morgan fingerprint density at radius 1 is 1.42 bits per heavy atom. The predicted molar refractivity (Wildman–Crippen MR) is 77.1 cm³/mol. The van der Waals surface area contributed by atoms with Crippen molar-refractivity contribution in [2.24, 2.45) is 0 Å². The number of nitrogens with two attached hydrogens (primary N) is 1. The van der Waals surface area contributed by atoms with Crippen LogP contribution in [-0.4, -0.2) is 10.5 Å². The molecule has 2 aromatic rings. The summed E-state index contributed by atoms with van der Waals surface area (Å²) < 4.78 is 1.82. The van der Waals surface area contributed by atoms with E-state index in [0.717, 1.165) is 5.56 Å². The summed E-state index contributed by atoms with van der Waals surface area (Å²) in [6.07, 6.45) is 1.76. The van der Waals surface area contributed by atoms with Crippen molar-refractivity contribution in [3.63, 3.8) is 0 Å². The van der Waals surface area contributed by atoms with E-state index in [2.05, 4.69) is 5.32 Å². The van der Waals surface area contributed by atoms with E-state index in [-0.39, 0.29) is 5.91 Å². The van der Waals surface area contributed by atoms with E-state index in [1.807, 2.05) is 29.7 Å². The number of aryl methyl sites for hydroxylation is 1. The van der Waals surface area contributed by atoms with E-state index >= 15 is 0 Å². The SMILES string of the molecule is CCn1cc(N)cc1C(=O)NCc1cccc(Cl)c1. The number of carbonyl (C=O) groups excluding carboxylic acids is 1. The van der Waals surface area contributed by atoms with Crippen LogP contribution in [0.4, 0.5) is 5.69 Å². The highest BCUT2D eigenvalue weighted by Crippen LogP contribution is 2.12. The van der Waals surface area contributed by atoms with Crippen molar-refractivity contribution in [2.75, 3.05) is 5.73 Å². The van der Waals surface area contributed by atoms with Gasteiger partial charge in [0.25, 0.3) is 5.91 Å². The van der Waals surface area contributed by atoms with Crippen LogP contribution in [0.15, 0.2) is 36.5 Å². The lowest BCUT2D eigenvalue weighted by Gasteiger charge is -2.08. The summed E-state index contributed by atoms with van der Waals surface area (Å²) in [7, 11) is 0. The lowest BCUT2D eigenvalue weighted by Crippen LogP contribution is -2.25. The number of halogens is 1. The van der Waals surface area contributed by atoms with Gasteiger partial charge in [-0.2, -0.15) is 0 Å². The molecule has 0 saturated carbocycles. The second kappa shape index (κ2) is 5.80. The van der Waals surface area contributed by atoms with Crippen molar-refractivity contribution in [2.45, 2.75) is 20.0 Å². The number of nitrogens with one attached hydrogen (secondary N) is 1. The van der Waals surface area contributed by atoms with E-state index in [4.69, 9.17) is 17.3 Å². The monoisotopic (exact) mass is 277 g/mol. The zero-order valence-electron chi connectivity index (χ0n) is 10.7. The Morgan fingerprint density at radius 3 is 2.89 bits per heavy atom. The fourth-order valence-electron chi connectivity index (χ4n) is 1.90. The molecule has 19 heavy (non-hydrogen) atoms. The molecular formula is C14H16ClN3O. The molecule has 0 spiro atoms. The van der Waals surface area contributed by atoms with Crippen LogP contribution in [0.5, 0.6) is 0 Å². The van der Waals surface area contributed by atoms with Crippen LogP contribution in [0.2, 0.25) is 5.02 Å². The molecule has 0 fully saturated rings. The third-order valence-corrected chi connectivity index (χ3v) is 3.07. The summed E-state index contributed by atoms with van der Waals surface area (Å²) in [5.41, 5.74) is 7.83. The van der Waals surface area contributed by atoms with Crippen molar-refractivity contribution in [1.82, 2.24) is 9.88 Å². The Balaban J connectivity index is 2.05. The van der Waals surface area contributed by atoms with Gasteiger partial charge >= 0.3 is 0 Å². The number of amides is 1. The number of nitrogens with zero attached hydrogens (tertiary/aromatic N) is 1. The van der Waals surface area contributed by atoms with E-state index < -0.39 is 0 Å². The molecule has 0 atom stereocenters. The molecule has 1 amide bonds. The molecule has 4 nitrogen and oxygen atoms in total. The Labute approximate surface area is 117 Å². The maximum atomic E-state index is 12.1. The molecule has 100 valence electrons. The van der Waals surface area contributed by atoms with Crippen molar-refractivity contribution in [1.29, 1.82) is 0 Å². The van der Waals surface area contributed by atoms with Crippen molar-refractivity contribution >= 4 is 23.2 Å². The summed E-state index contributed by atoms with van der Waals surface area (Å²) in [6, 6.07) is 9.08. The van der Waals surface area contributed by atoms with Crippen molar-refractivity contribution < 1.29 is 4.79 Å². The summed E-state index contributed by atoms with van der Waals surface area (Å²) in [5.74, 6) is -0.140. The van der Waals surface area contributed by atoms with Crippen LogP contribution < -0.4 is 11.1 Å². The van der Waals surface area contributed by atoms with Crippen molar-refractivity contribution in [3.8, 4) is 0 Å². The van der Waals surface area contributed by atoms with E-state index in [0.29, 0.717) is 29.5 Å². The van der Waals surface area contributed by atoms with Crippen LogP contribution in [0.3, 0.4) is 0 Å². The van der Waals surface area contributed by atoms with Gasteiger partial charge in [-0.05, 0) is 30.7 Å². The fraction of sp³-hybridized carbons (Fsp3) is 0.214. The molecule has 1 aromatic carbocycles. The number of rotatable bonds is 4. The minimum absolute atomic E-state index is 0.140. The van der Waals surface area contributed by atoms with Crippen LogP contribution in [0.25, 0.3) is 0 Å². The first-order valence-electron chi connectivity index (χ1n) is 6.08. The van der Waals surface area contributed by atoms with Gasteiger partial charge in [0, 0.05) is 24.3 Å². The molecule has 0 aliphatic carbocycles. The Hall–Kier alpha value is -1.94. The molecule has 0 saturated heterocycles. The molecular weight excluding hydrogens is 262 g/mol. The molecule has 1 aromatic heterocycles. The Bertz CT molecular complexity index is 592. The quantitative estimate of drug-likeness (QED) is 0.903. The number of nitrogen functional groups attached to an aromatic ring is 1. The predicted octanol–water partition coefficient (Wildman–Crippen LogP) is 2.67. The number of hydrogen-bond donors (Lipinski definition) is 2. The molecule has 0 aliphatic heterocycles. The number of benzene rings is 1. The highest BCUT2D eigenvalue weighted by Gasteiger charge is 2.11. The zero-order valence-corrected chi connectivity index (χ0v) is 11.4. The van der Waals surface area contributed by atoms with E-state index in [9.17, 15) is 4.79 Å². The van der Waals surface area contributed by atoms with Crippen molar-refractivity contribution in [3.05, 3.63) is 52.8 Å². The van der Waals surface area contributed by atoms with Gasteiger partial charge in [-0.3, -0.25) is 4.79 Å². The summed E-state index contributed by atoms with van der Waals surface area (Å²) in [5, 5.41) is 3.52. The maximum Gasteiger partial charge on any atom is 0.268 e. The first kappa shape index (κ1) is 13.5. The van der Waals surface area contributed by atoms with Gasteiger partial charge in [-0.15, -0.1) is 0 Å². The van der Waals surface area contributed by atoms with Crippen LogP contribution in [0, 0.1) is 0 Å². The first-order chi connectivity index (χ1) is 9.10. The summed E-state index contributed by atoms with van der Waals surface area (Å²) >= 11 is 5.89. The van der Waals surface area contributed by atoms with Crippen LogP contribution in [-0.2, 0) is 13.1 Å². The third-order valence-electron chi connectivity index (χ3n) is 2.83. The van der Waals surface area contributed by atoms with E-state index in [1.165, 1.54) is 0 Å². The maximum absolute atomic E-state index is 12.1. The number of hydrogen-bond acceptors (Lipinski definition) is 2. The van der Waals surface area contributed by atoms with E-state index in [1.54, 1.807) is 18.3 Å². The Morgan fingerprint density at radius 2 is 2.21 bits per heavy atom. The second-order valence-electron chi connectivity index (χ2n) is 4.26. The van der Waals surface area contributed by atoms with Gasteiger partial charge in [-0.25, -0.2) is 0 Å². The first-order valence-corrected chi connectivity index (χ1v) is 6.46. The Kier molecular flexibility index (Phi) is 4.12. The number of anilines is 1. The number of aromatic nitrogens is 1. The topological polar surface area (TPSA) is 60.0 Å². The normalized spacial score (nSPS) is 10.4. The zero-order chi connectivity index (χ0) is 13.8. The van der Waals surface area contributed by atoms with Gasteiger partial charge in [0.2, 0.25) is 0 Å². The highest BCUT2D eigenvalue weighted by atomic mass is 35.5. The standard InChI is InChI=1S/C14H16ClN3O/c1-2-18-9-12(16)7-13(18)14(19)17-8-10-4-3-5-11(15)6-10/h3-7,9H,2,8,16H2,1H3,(H,17,19). The molecule has 5 heteroatoms. The highest BCUT2D eigenvalue weighted by molar-refractivity contribution is 6.30. The average Bonchev–Trinajstić information content (AvgIpc) is 2.77. The third kappa shape index (κ3) is 3.29. The molecule has 0 unspecified atom stereocenters. The lowest BCUT2D eigenvalue weighted by molar-refractivity contribution is 0.0942. The molecule has 0 bridgehead atoms. The minimum atomic E-state index is -0.140. The van der Waals surface area contributed by atoms with Gasteiger partial charge < -0.3 is 15.6 Å². The molecule has 3 N–H and O–H groups in total. The fourth-order valence-corrected chi connectivity index (χ4v) is 2.12. The van der Waals surface area contributed by atoms with Gasteiger partial charge in [0.15, 0.2) is 0 Å². The smallest absolute Gasteiger partial charge is 0.268 e. The van der Waals surface area contributed by atoms with Crippen LogP contribution in [0.1, 0.15) is 23.0 Å². The van der Waals surface area contributed by atoms with Crippen LogP contribution >= 0.6 is 11.6 Å². The van der Waals surface area contributed by atoms with Gasteiger partial charge in [0.1, 0.15) is 5.69 Å². The largest absolute Gasteiger partial charge is 0.397 e. The molecule has 2 rings (SSSR count).